The van der Waals surface area contributed by atoms with E-state index >= 15 is 0 Å². The molecule has 4 rings (SSSR count). The van der Waals surface area contributed by atoms with Gasteiger partial charge < -0.3 is 15.5 Å². The van der Waals surface area contributed by atoms with Gasteiger partial charge in [0.1, 0.15) is 6.04 Å². The van der Waals surface area contributed by atoms with Crippen LogP contribution in [-0.2, 0) is 21.9 Å². The minimum atomic E-state index is -4.98. The highest BCUT2D eigenvalue weighted by Crippen LogP contribution is 2.42. The number of nitrogens with two attached hydrogens (primary N) is 1. The number of benzene rings is 1. The van der Waals surface area contributed by atoms with Gasteiger partial charge in [-0.2, -0.15) is 31.6 Å². The molecule has 196 valence electrons. The maximum absolute atomic E-state index is 13.3. The van der Waals surface area contributed by atoms with E-state index in [-0.39, 0.29) is 30.6 Å². The van der Waals surface area contributed by atoms with Gasteiger partial charge in [-0.15, -0.1) is 0 Å². The number of hydrogen-bond donors (Lipinski definition) is 1. The van der Waals surface area contributed by atoms with E-state index in [1.54, 1.807) is 4.90 Å². The predicted octanol–water partition coefficient (Wildman–Crippen LogP) is 2.91. The van der Waals surface area contributed by atoms with Crippen molar-refractivity contribution >= 4 is 11.8 Å². The Labute approximate surface area is 203 Å². The summed E-state index contributed by atoms with van der Waals surface area (Å²) >= 11 is 0. The van der Waals surface area contributed by atoms with Gasteiger partial charge in [0.15, 0.2) is 0 Å². The first-order chi connectivity index (χ1) is 16.7. The summed E-state index contributed by atoms with van der Waals surface area (Å²) in [4.78, 5) is 30.3. The molecule has 0 spiro atoms. The molecule has 1 unspecified atom stereocenters. The summed E-state index contributed by atoms with van der Waals surface area (Å²) in [6, 6.07) is -0.208. The number of fused-ring (bicyclic) bond motifs is 2. The lowest BCUT2D eigenvalue weighted by Crippen LogP contribution is -2.56. The molecule has 3 aliphatic rings. The number of alkyl halides is 6. The number of halogens is 6. The molecule has 1 aromatic carbocycles. The molecular weight excluding hydrogens is 492 g/mol. The van der Waals surface area contributed by atoms with E-state index < -0.39 is 59.6 Å². The summed E-state index contributed by atoms with van der Waals surface area (Å²) < 4.78 is 79.7. The molecule has 0 saturated carbocycles. The summed E-state index contributed by atoms with van der Waals surface area (Å²) in [7, 11) is 0. The lowest BCUT2D eigenvalue weighted by molar-refractivity contribution is -0.143. The Morgan fingerprint density at radius 1 is 1.17 bits per heavy atom. The number of hydrogen-bond acceptors (Lipinski definition) is 5. The molecule has 2 N–H and O–H groups in total. The van der Waals surface area contributed by atoms with Crippen LogP contribution in [-0.4, -0.2) is 70.3 Å². The summed E-state index contributed by atoms with van der Waals surface area (Å²) in [5.74, 6) is -0.816. The molecular formula is C23H25F6N5O2. The van der Waals surface area contributed by atoms with Gasteiger partial charge in [-0.05, 0) is 49.9 Å². The van der Waals surface area contributed by atoms with E-state index in [9.17, 15) is 41.2 Å². The van der Waals surface area contributed by atoms with Crippen molar-refractivity contribution in [3.05, 3.63) is 34.9 Å². The SMILES string of the molecule is C[C@@H](c1cc(C(F)(F)F)cc(C(F)(F)F)c1)N1C(=O)[C@H]2CC1CN2C[C@H](N)C(=O)N1CCC[C@H]1C#N. The van der Waals surface area contributed by atoms with E-state index in [1.807, 2.05) is 0 Å². The van der Waals surface area contributed by atoms with Gasteiger partial charge in [-0.1, -0.05) is 0 Å². The third-order valence-corrected chi connectivity index (χ3v) is 7.26. The highest BCUT2D eigenvalue weighted by Gasteiger charge is 2.52. The predicted molar refractivity (Wildman–Crippen MR) is 114 cm³/mol. The third kappa shape index (κ3) is 4.76. The standard InChI is InChI=1S/C23H25F6N5O2/c1-12(13-5-14(22(24,25)26)7-15(6-13)23(27,28)29)34-17-8-19(21(34)36)32(10-17)11-18(31)20(35)33-4-2-3-16(33)9-30/h5-7,12,16-19H,2-4,8,10-11,31H2,1H3/t12-,16-,17?,18-,19+/m0/s1. The van der Waals surface area contributed by atoms with Crippen LogP contribution in [0, 0.1) is 11.3 Å². The molecule has 3 fully saturated rings. The van der Waals surface area contributed by atoms with Crippen LogP contribution in [0.4, 0.5) is 26.3 Å². The van der Waals surface area contributed by atoms with Gasteiger partial charge >= 0.3 is 12.4 Å². The molecule has 5 atom stereocenters. The van der Waals surface area contributed by atoms with Crippen LogP contribution < -0.4 is 5.73 Å². The molecule has 0 radical (unpaired) electrons. The molecule has 3 saturated heterocycles. The molecule has 13 heteroatoms. The molecule has 3 aliphatic heterocycles. The van der Waals surface area contributed by atoms with Crippen molar-refractivity contribution in [1.82, 2.24) is 14.7 Å². The Balaban J connectivity index is 1.49. The summed E-state index contributed by atoms with van der Waals surface area (Å²) in [6.07, 6.45) is -8.37. The van der Waals surface area contributed by atoms with Gasteiger partial charge in [0.05, 0.1) is 35.3 Å². The second-order valence-electron chi connectivity index (χ2n) is 9.55. The Morgan fingerprint density at radius 3 is 2.31 bits per heavy atom. The number of nitriles is 1. The van der Waals surface area contributed by atoms with E-state index in [4.69, 9.17) is 5.73 Å². The summed E-state index contributed by atoms with van der Waals surface area (Å²) in [6.45, 7) is 2.18. The monoisotopic (exact) mass is 517 g/mol. The van der Waals surface area contributed by atoms with Gasteiger partial charge in [0.25, 0.3) is 0 Å². The molecule has 7 nitrogen and oxygen atoms in total. The molecule has 0 aliphatic carbocycles. The minimum Gasteiger partial charge on any atom is -0.330 e. The Hall–Kier alpha value is -2.85. The van der Waals surface area contributed by atoms with E-state index in [0.29, 0.717) is 37.9 Å². The zero-order valence-corrected chi connectivity index (χ0v) is 19.3. The molecule has 36 heavy (non-hydrogen) atoms. The molecule has 0 aromatic heterocycles. The first kappa shape index (κ1) is 26.2. The van der Waals surface area contributed by atoms with Crippen LogP contribution in [0.2, 0.25) is 0 Å². The fourth-order valence-electron chi connectivity index (χ4n) is 5.49. The lowest BCUT2D eigenvalue weighted by atomic mass is 9.98. The fraction of sp³-hybridized carbons (Fsp3) is 0.609. The second kappa shape index (κ2) is 9.23. The average Bonchev–Trinajstić information content (AvgIpc) is 3.51. The van der Waals surface area contributed by atoms with Crippen molar-refractivity contribution < 1.29 is 35.9 Å². The van der Waals surface area contributed by atoms with Crippen molar-refractivity contribution in [1.29, 1.82) is 5.26 Å². The first-order valence-electron chi connectivity index (χ1n) is 11.5. The van der Waals surface area contributed by atoms with Crippen LogP contribution in [0.25, 0.3) is 0 Å². The maximum atomic E-state index is 13.3. The highest BCUT2D eigenvalue weighted by molar-refractivity contribution is 5.87. The number of rotatable bonds is 5. The van der Waals surface area contributed by atoms with Gasteiger partial charge in [-0.25, -0.2) is 0 Å². The van der Waals surface area contributed by atoms with Crippen LogP contribution >= 0.6 is 0 Å². The third-order valence-electron chi connectivity index (χ3n) is 7.26. The minimum absolute atomic E-state index is 0.0599. The number of likely N-dealkylation sites (tertiary alicyclic amines) is 3. The highest BCUT2D eigenvalue weighted by atomic mass is 19.4. The van der Waals surface area contributed by atoms with E-state index in [0.717, 1.165) is 0 Å². The largest absolute Gasteiger partial charge is 0.416 e. The smallest absolute Gasteiger partial charge is 0.330 e. The Bertz CT molecular complexity index is 1050. The molecule has 3 heterocycles. The van der Waals surface area contributed by atoms with Crippen LogP contribution in [0.15, 0.2) is 18.2 Å². The number of carbonyl (C=O) groups is 2. The summed E-state index contributed by atoms with van der Waals surface area (Å²) in [5.41, 5.74) is 2.97. The van der Waals surface area contributed by atoms with Crippen molar-refractivity contribution in [3.8, 4) is 6.07 Å². The second-order valence-corrected chi connectivity index (χ2v) is 9.55. The van der Waals surface area contributed by atoms with E-state index in [2.05, 4.69) is 6.07 Å². The average molecular weight is 517 g/mol. The number of carbonyl (C=O) groups excluding carboxylic acids is 2. The van der Waals surface area contributed by atoms with Crippen molar-refractivity contribution in [2.24, 2.45) is 5.73 Å². The zero-order chi connectivity index (χ0) is 26.6. The van der Waals surface area contributed by atoms with Gasteiger partial charge in [0, 0.05) is 25.7 Å². The van der Waals surface area contributed by atoms with Crippen molar-refractivity contribution in [3.63, 3.8) is 0 Å². The van der Waals surface area contributed by atoms with Gasteiger partial charge in [-0.3, -0.25) is 14.5 Å². The topological polar surface area (TPSA) is 93.7 Å². The van der Waals surface area contributed by atoms with Crippen LogP contribution in [0.5, 0.6) is 0 Å². The quantitative estimate of drug-likeness (QED) is 0.607. The number of amides is 2. The van der Waals surface area contributed by atoms with Crippen molar-refractivity contribution in [2.45, 2.75) is 68.7 Å². The van der Waals surface area contributed by atoms with Gasteiger partial charge in [0.2, 0.25) is 11.8 Å². The van der Waals surface area contributed by atoms with Crippen molar-refractivity contribution in [2.75, 3.05) is 19.6 Å². The van der Waals surface area contributed by atoms with Crippen LogP contribution in [0.3, 0.4) is 0 Å². The number of piperazine rings is 1. The number of nitrogens with zero attached hydrogens (tertiary/aromatic N) is 4. The molecule has 2 bridgehead atoms. The molecule has 2 amide bonds. The van der Waals surface area contributed by atoms with Crippen LogP contribution in [0.1, 0.15) is 48.9 Å². The lowest BCUT2D eigenvalue weighted by Gasteiger charge is -2.38. The zero-order valence-electron chi connectivity index (χ0n) is 19.3. The Morgan fingerprint density at radius 2 is 1.78 bits per heavy atom. The fourth-order valence-corrected chi connectivity index (χ4v) is 5.49. The molecule has 1 aromatic rings. The summed E-state index contributed by atoms with van der Waals surface area (Å²) in [5, 5.41) is 9.20. The maximum Gasteiger partial charge on any atom is 0.416 e. The normalized spacial score (nSPS) is 26.4. The van der Waals surface area contributed by atoms with E-state index in [1.165, 1.54) is 16.7 Å². The first-order valence-corrected chi connectivity index (χ1v) is 11.5. The Kier molecular flexibility index (Phi) is 6.72.